The Bertz CT molecular complexity index is 633. The number of hydrogen-bond acceptors (Lipinski definition) is 2. The first-order valence-electron chi connectivity index (χ1n) is 5.86. The van der Waals surface area contributed by atoms with Crippen LogP contribution in [-0.4, -0.2) is 26.7 Å². The number of hydrogen-bond donors (Lipinski definition) is 2. The van der Waals surface area contributed by atoms with Gasteiger partial charge in [-0.3, -0.25) is 9.59 Å². The van der Waals surface area contributed by atoms with Gasteiger partial charge >= 0.3 is 11.9 Å². The highest BCUT2D eigenvalue weighted by molar-refractivity contribution is 5.82. The largest absolute Gasteiger partial charge is 0.481 e. The summed E-state index contributed by atoms with van der Waals surface area (Å²) in [5, 5.41) is 17.8. The van der Waals surface area contributed by atoms with Gasteiger partial charge in [0.1, 0.15) is 5.82 Å². The number of aromatic nitrogens is 1. The molecule has 2 rings (SSSR count). The summed E-state index contributed by atoms with van der Waals surface area (Å²) in [6.45, 7) is 0. The van der Waals surface area contributed by atoms with Crippen LogP contribution in [0.1, 0.15) is 17.9 Å². The van der Waals surface area contributed by atoms with E-state index >= 15 is 0 Å². The van der Waals surface area contributed by atoms with Gasteiger partial charge in [0.15, 0.2) is 0 Å². The minimum atomic E-state index is -1.19. The first-order valence-corrected chi connectivity index (χ1v) is 5.86. The van der Waals surface area contributed by atoms with E-state index in [0.29, 0.717) is 11.3 Å². The zero-order chi connectivity index (χ0) is 14.7. The Kier molecular flexibility index (Phi) is 3.84. The molecular formula is C14H12FNO4. The van der Waals surface area contributed by atoms with Gasteiger partial charge in [-0.2, -0.15) is 0 Å². The molecule has 1 aromatic carbocycles. The van der Waals surface area contributed by atoms with Crippen LogP contribution in [0, 0.1) is 5.82 Å². The highest BCUT2D eigenvalue weighted by Gasteiger charge is 2.24. The van der Waals surface area contributed by atoms with E-state index < -0.39 is 24.3 Å². The van der Waals surface area contributed by atoms with Crippen molar-refractivity contribution in [3.8, 4) is 5.69 Å². The van der Waals surface area contributed by atoms with E-state index in [-0.39, 0.29) is 5.82 Å². The lowest BCUT2D eigenvalue weighted by Crippen LogP contribution is -2.15. The van der Waals surface area contributed by atoms with Crippen LogP contribution in [0.15, 0.2) is 42.7 Å². The van der Waals surface area contributed by atoms with Crippen LogP contribution in [0.4, 0.5) is 4.39 Å². The first kappa shape index (κ1) is 13.8. The molecule has 0 aliphatic heterocycles. The van der Waals surface area contributed by atoms with Crippen molar-refractivity contribution in [2.75, 3.05) is 0 Å². The normalized spacial score (nSPS) is 12.1. The van der Waals surface area contributed by atoms with Crippen molar-refractivity contribution >= 4 is 11.9 Å². The van der Waals surface area contributed by atoms with Crippen molar-refractivity contribution in [1.29, 1.82) is 0 Å². The topological polar surface area (TPSA) is 79.5 Å². The van der Waals surface area contributed by atoms with E-state index in [4.69, 9.17) is 10.2 Å². The van der Waals surface area contributed by atoms with E-state index in [1.165, 1.54) is 18.3 Å². The van der Waals surface area contributed by atoms with Crippen LogP contribution in [0.5, 0.6) is 0 Å². The molecule has 0 spiro atoms. The molecule has 5 nitrogen and oxygen atoms in total. The third-order valence-electron chi connectivity index (χ3n) is 2.92. The highest BCUT2D eigenvalue weighted by Crippen LogP contribution is 2.22. The molecule has 2 aromatic rings. The second-order valence-corrected chi connectivity index (χ2v) is 4.32. The van der Waals surface area contributed by atoms with E-state index in [9.17, 15) is 14.0 Å². The Morgan fingerprint density at radius 3 is 2.35 bits per heavy atom. The summed E-state index contributed by atoms with van der Waals surface area (Å²) < 4.78 is 14.5. The summed E-state index contributed by atoms with van der Waals surface area (Å²) in [5.74, 6) is -3.83. The van der Waals surface area contributed by atoms with Gasteiger partial charge in [-0.25, -0.2) is 4.39 Å². The maximum absolute atomic E-state index is 12.8. The van der Waals surface area contributed by atoms with Gasteiger partial charge in [0.05, 0.1) is 12.3 Å². The first-order chi connectivity index (χ1) is 9.47. The van der Waals surface area contributed by atoms with Gasteiger partial charge in [0, 0.05) is 18.1 Å². The third-order valence-corrected chi connectivity index (χ3v) is 2.92. The van der Waals surface area contributed by atoms with Gasteiger partial charge in [0.25, 0.3) is 0 Å². The molecule has 1 unspecified atom stereocenters. The Labute approximate surface area is 113 Å². The van der Waals surface area contributed by atoms with E-state index in [1.807, 2.05) is 0 Å². The molecule has 0 bridgehead atoms. The minimum absolute atomic E-state index is 0.365. The summed E-state index contributed by atoms with van der Waals surface area (Å²) in [5.41, 5.74) is 1.06. The number of carboxylic acid groups (broad SMARTS) is 2. The number of carbonyl (C=O) groups is 2. The van der Waals surface area contributed by atoms with Crippen LogP contribution in [0.2, 0.25) is 0 Å². The number of halogens is 1. The van der Waals surface area contributed by atoms with Gasteiger partial charge < -0.3 is 14.8 Å². The second kappa shape index (κ2) is 5.56. The molecule has 20 heavy (non-hydrogen) atoms. The van der Waals surface area contributed by atoms with Crippen LogP contribution >= 0.6 is 0 Å². The molecule has 0 aliphatic rings. The summed E-state index contributed by atoms with van der Waals surface area (Å²) in [6, 6.07) is 7.23. The van der Waals surface area contributed by atoms with Crippen molar-refractivity contribution in [3.05, 3.63) is 54.1 Å². The minimum Gasteiger partial charge on any atom is -0.481 e. The predicted molar refractivity (Wildman–Crippen MR) is 68.4 cm³/mol. The Balaban J connectivity index is 2.29. The van der Waals surface area contributed by atoms with Crippen LogP contribution in [-0.2, 0) is 9.59 Å². The quantitative estimate of drug-likeness (QED) is 0.878. The lowest BCUT2D eigenvalue weighted by Gasteiger charge is -2.07. The third kappa shape index (κ3) is 3.03. The fraction of sp³-hybridized carbons (Fsp3) is 0.143. The Morgan fingerprint density at radius 2 is 1.80 bits per heavy atom. The summed E-state index contributed by atoms with van der Waals surface area (Å²) in [4.78, 5) is 21.8. The standard InChI is InChI=1S/C14H12FNO4/c15-10-1-3-11(4-2-10)16-6-5-9(8-16)12(14(19)20)7-13(17)18/h1-6,8,12H,7H2,(H,17,18)(H,19,20). The molecule has 104 valence electrons. The fourth-order valence-corrected chi connectivity index (χ4v) is 1.92. The highest BCUT2D eigenvalue weighted by atomic mass is 19.1. The zero-order valence-electron chi connectivity index (χ0n) is 10.4. The molecule has 0 aliphatic carbocycles. The molecule has 1 aromatic heterocycles. The second-order valence-electron chi connectivity index (χ2n) is 4.32. The van der Waals surface area contributed by atoms with E-state index in [1.54, 1.807) is 29.0 Å². The predicted octanol–water partition coefficient (Wildman–Crippen LogP) is 2.26. The Hall–Kier alpha value is -2.63. The van der Waals surface area contributed by atoms with Crippen LogP contribution < -0.4 is 0 Å². The summed E-state index contributed by atoms with van der Waals surface area (Å²) >= 11 is 0. The molecular weight excluding hydrogens is 265 g/mol. The molecule has 0 amide bonds. The number of carboxylic acids is 2. The van der Waals surface area contributed by atoms with Crippen LogP contribution in [0.25, 0.3) is 5.69 Å². The molecule has 6 heteroatoms. The number of rotatable bonds is 5. The lowest BCUT2D eigenvalue weighted by atomic mass is 9.99. The van der Waals surface area contributed by atoms with Gasteiger partial charge in [0.2, 0.25) is 0 Å². The zero-order valence-corrected chi connectivity index (χ0v) is 10.4. The monoisotopic (exact) mass is 277 g/mol. The number of aliphatic carboxylic acids is 2. The molecule has 0 saturated carbocycles. The van der Waals surface area contributed by atoms with Gasteiger partial charge in [-0.05, 0) is 35.9 Å². The Morgan fingerprint density at radius 1 is 1.15 bits per heavy atom. The summed E-state index contributed by atoms with van der Waals surface area (Å²) in [7, 11) is 0. The van der Waals surface area contributed by atoms with Gasteiger partial charge in [-0.15, -0.1) is 0 Å². The van der Waals surface area contributed by atoms with Crippen molar-refractivity contribution in [1.82, 2.24) is 4.57 Å². The van der Waals surface area contributed by atoms with Gasteiger partial charge in [-0.1, -0.05) is 0 Å². The summed E-state index contributed by atoms with van der Waals surface area (Å²) in [6.07, 6.45) is 2.66. The smallest absolute Gasteiger partial charge is 0.311 e. The molecule has 0 radical (unpaired) electrons. The molecule has 1 heterocycles. The number of benzene rings is 1. The van der Waals surface area contributed by atoms with Crippen molar-refractivity contribution < 1.29 is 24.2 Å². The van der Waals surface area contributed by atoms with E-state index in [2.05, 4.69) is 0 Å². The van der Waals surface area contributed by atoms with Crippen molar-refractivity contribution in [2.24, 2.45) is 0 Å². The molecule has 0 saturated heterocycles. The SMILES string of the molecule is O=C(O)CC(C(=O)O)c1ccn(-c2ccc(F)cc2)c1. The molecule has 1 atom stereocenters. The van der Waals surface area contributed by atoms with Crippen molar-refractivity contribution in [3.63, 3.8) is 0 Å². The maximum atomic E-state index is 12.8. The molecule has 2 N–H and O–H groups in total. The fourth-order valence-electron chi connectivity index (χ4n) is 1.92. The van der Waals surface area contributed by atoms with Crippen molar-refractivity contribution in [2.45, 2.75) is 12.3 Å². The van der Waals surface area contributed by atoms with Crippen LogP contribution in [0.3, 0.4) is 0 Å². The average Bonchev–Trinajstić information content (AvgIpc) is 2.85. The average molecular weight is 277 g/mol. The lowest BCUT2D eigenvalue weighted by molar-refractivity contribution is -0.145. The number of nitrogens with zero attached hydrogens (tertiary/aromatic N) is 1. The molecule has 0 fully saturated rings. The maximum Gasteiger partial charge on any atom is 0.311 e. The van der Waals surface area contributed by atoms with E-state index in [0.717, 1.165) is 0 Å².